The fourth-order valence-electron chi connectivity index (χ4n) is 2.04. The summed E-state index contributed by atoms with van der Waals surface area (Å²) in [6.07, 6.45) is 1.35. The summed E-state index contributed by atoms with van der Waals surface area (Å²) < 4.78 is 5.09. The summed E-state index contributed by atoms with van der Waals surface area (Å²) in [5, 5.41) is 14.7. The molecule has 0 heterocycles. The standard InChI is InChI=1S/C15H24N2O3/c1-4-12-6-5-7-13(10-12)16-14(19)17-15(2,8-9-18)11-20-3/h5-7,10,18H,4,8-9,11H2,1-3H3,(H2,16,17,19). The smallest absolute Gasteiger partial charge is 0.319 e. The molecule has 0 spiro atoms. The lowest BCUT2D eigenvalue weighted by Crippen LogP contribution is -2.51. The Labute approximate surface area is 120 Å². The van der Waals surface area contributed by atoms with E-state index in [-0.39, 0.29) is 12.6 Å². The molecule has 0 aliphatic rings. The number of ether oxygens (including phenoxy) is 1. The van der Waals surface area contributed by atoms with Gasteiger partial charge in [0.25, 0.3) is 0 Å². The summed E-state index contributed by atoms with van der Waals surface area (Å²) in [7, 11) is 1.57. The highest BCUT2D eigenvalue weighted by Gasteiger charge is 2.25. The first-order valence-corrected chi connectivity index (χ1v) is 6.81. The van der Waals surface area contributed by atoms with Crippen molar-refractivity contribution in [2.45, 2.75) is 32.2 Å². The Hall–Kier alpha value is -1.59. The predicted molar refractivity (Wildman–Crippen MR) is 80.0 cm³/mol. The van der Waals surface area contributed by atoms with E-state index in [2.05, 4.69) is 17.6 Å². The Morgan fingerprint density at radius 3 is 2.80 bits per heavy atom. The van der Waals surface area contributed by atoms with E-state index < -0.39 is 5.54 Å². The SMILES string of the molecule is CCc1cccc(NC(=O)NC(C)(CCO)COC)c1. The summed E-state index contributed by atoms with van der Waals surface area (Å²) >= 11 is 0. The lowest BCUT2D eigenvalue weighted by atomic mass is 10.00. The summed E-state index contributed by atoms with van der Waals surface area (Å²) in [5.41, 5.74) is 1.33. The number of nitrogens with one attached hydrogen (secondary N) is 2. The van der Waals surface area contributed by atoms with Crippen LogP contribution in [0, 0.1) is 0 Å². The van der Waals surface area contributed by atoms with Crippen LogP contribution in [0.2, 0.25) is 0 Å². The van der Waals surface area contributed by atoms with E-state index in [9.17, 15) is 4.79 Å². The first kappa shape index (κ1) is 16.5. The molecule has 1 atom stereocenters. The minimum Gasteiger partial charge on any atom is -0.396 e. The van der Waals surface area contributed by atoms with E-state index in [4.69, 9.17) is 9.84 Å². The number of rotatable bonds is 7. The Balaban J connectivity index is 2.65. The third kappa shape index (κ3) is 5.19. The number of aryl methyl sites for hydroxylation is 1. The second-order valence-corrected chi connectivity index (χ2v) is 5.10. The van der Waals surface area contributed by atoms with Crippen molar-refractivity contribution in [3.63, 3.8) is 0 Å². The summed E-state index contributed by atoms with van der Waals surface area (Å²) in [4.78, 5) is 12.0. The number of carbonyl (C=O) groups excluding carboxylic acids is 1. The molecule has 0 fully saturated rings. The van der Waals surface area contributed by atoms with Gasteiger partial charge >= 0.3 is 6.03 Å². The number of aliphatic hydroxyl groups is 1. The first-order chi connectivity index (χ1) is 9.53. The van der Waals surface area contributed by atoms with Crippen molar-refractivity contribution in [3.8, 4) is 0 Å². The van der Waals surface area contributed by atoms with Crippen LogP contribution in [0.4, 0.5) is 10.5 Å². The van der Waals surface area contributed by atoms with Crippen molar-refractivity contribution in [2.75, 3.05) is 25.6 Å². The molecule has 2 amide bonds. The van der Waals surface area contributed by atoms with Crippen molar-refractivity contribution in [3.05, 3.63) is 29.8 Å². The fraction of sp³-hybridized carbons (Fsp3) is 0.533. The highest BCUT2D eigenvalue weighted by Crippen LogP contribution is 2.13. The van der Waals surface area contributed by atoms with Crippen molar-refractivity contribution in [1.82, 2.24) is 5.32 Å². The van der Waals surface area contributed by atoms with Crippen molar-refractivity contribution < 1.29 is 14.6 Å². The Morgan fingerprint density at radius 1 is 1.45 bits per heavy atom. The number of hydrogen-bond donors (Lipinski definition) is 3. The molecule has 5 nitrogen and oxygen atoms in total. The molecule has 1 aromatic carbocycles. The quantitative estimate of drug-likeness (QED) is 0.717. The molecule has 1 rings (SSSR count). The van der Waals surface area contributed by atoms with Gasteiger partial charge in [0.2, 0.25) is 0 Å². The van der Waals surface area contributed by atoms with Crippen LogP contribution < -0.4 is 10.6 Å². The van der Waals surface area contributed by atoms with Gasteiger partial charge in [-0.05, 0) is 37.5 Å². The van der Waals surface area contributed by atoms with Gasteiger partial charge in [-0.25, -0.2) is 4.79 Å². The second kappa shape index (κ2) is 7.87. The molecule has 5 heteroatoms. The maximum Gasteiger partial charge on any atom is 0.319 e. The molecular formula is C15H24N2O3. The molecule has 0 aliphatic carbocycles. The van der Waals surface area contributed by atoms with Gasteiger partial charge in [0.05, 0.1) is 12.1 Å². The molecule has 0 radical (unpaired) electrons. The molecule has 0 bridgehead atoms. The molecule has 1 aromatic rings. The van der Waals surface area contributed by atoms with Crippen molar-refractivity contribution in [2.24, 2.45) is 0 Å². The number of anilines is 1. The van der Waals surface area contributed by atoms with E-state index in [1.165, 1.54) is 0 Å². The monoisotopic (exact) mass is 280 g/mol. The molecule has 0 saturated carbocycles. The van der Waals surface area contributed by atoms with Gasteiger partial charge < -0.3 is 20.5 Å². The molecule has 0 saturated heterocycles. The molecule has 0 aliphatic heterocycles. The number of methoxy groups -OCH3 is 1. The second-order valence-electron chi connectivity index (χ2n) is 5.10. The van der Waals surface area contributed by atoms with Gasteiger partial charge in [-0.3, -0.25) is 0 Å². The zero-order valence-corrected chi connectivity index (χ0v) is 12.4. The van der Waals surface area contributed by atoms with Crippen molar-refractivity contribution in [1.29, 1.82) is 0 Å². The average molecular weight is 280 g/mol. The highest BCUT2D eigenvalue weighted by atomic mass is 16.5. The number of carbonyl (C=O) groups is 1. The van der Waals surface area contributed by atoms with Gasteiger partial charge in [-0.2, -0.15) is 0 Å². The van der Waals surface area contributed by atoms with E-state index in [1.807, 2.05) is 31.2 Å². The third-order valence-electron chi connectivity index (χ3n) is 3.13. The maximum atomic E-state index is 12.0. The minimum absolute atomic E-state index is 0.00847. The molecule has 1 unspecified atom stereocenters. The molecular weight excluding hydrogens is 256 g/mol. The van der Waals surface area contributed by atoms with Crippen LogP contribution in [0.25, 0.3) is 0 Å². The lowest BCUT2D eigenvalue weighted by molar-refractivity contribution is 0.104. The largest absolute Gasteiger partial charge is 0.396 e. The number of aliphatic hydroxyl groups excluding tert-OH is 1. The topological polar surface area (TPSA) is 70.6 Å². The summed E-state index contributed by atoms with van der Waals surface area (Å²) in [6, 6.07) is 7.42. The Bertz CT molecular complexity index is 429. The van der Waals surface area contributed by atoms with E-state index >= 15 is 0 Å². The van der Waals surface area contributed by atoms with Crippen LogP contribution in [-0.4, -0.2) is 37.0 Å². The highest BCUT2D eigenvalue weighted by molar-refractivity contribution is 5.89. The van der Waals surface area contributed by atoms with Gasteiger partial charge in [-0.1, -0.05) is 19.1 Å². The van der Waals surface area contributed by atoms with Crippen LogP contribution in [0.1, 0.15) is 25.8 Å². The van der Waals surface area contributed by atoms with E-state index in [0.29, 0.717) is 13.0 Å². The van der Waals surface area contributed by atoms with Gasteiger partial charge in [-0.15, -0.1) is 0 Å². The number of hydrogen-bond acceptors (Lipinski definition) is 3. The molecule has 0 aromatic heterocycles. The number of amides is 2. The Kier molecular flexibility index (Phi) is 6.48. The van der Waals surface area contributed by atoms with E-state index in [0.717, 1.165) is 17.7 Å². The molecule has 112 valence electrons. The fourth-order valence-corrected chi connectivity index (χ4v) is 2.04. The zero-order chi connectivity index (χ0) is 15.0. The van der Waals surface area contributed by atoms with Crippen LogP contribution in [0.15, 0.2) is 24.3 Å². The minimum atomic E-state index is -0.587. The summed E-state index contributed by atoms with van der Waals surface area (Å²) in [6.45, 7) is 4.24. The van der Waals surface area contributed by atoms with Gasteiger partial charge in [0, 0.05) is 19.4 Å². The maximum absolute atomic E-state index is 12.0. The predicted octanol–water partition coefficient (Wildman–Crippen LogP) is 2.16. The normalized spacial score (nSPS) is 13.6. The van der Waals surface area contributed by atoms with Crippen molar-refractivity contribution >= 4 is 11.7 Å². The van der Waals surface area contributed by atoms with Crippen LogP contribution in [-0.2, 0) is 11.2 Å². The summed E-state index contributed by atoms with van der Waals surface area (Å²) in [5.74, 6) is 0. The number of benzene rings is 1. The Morgan fingerprint density at radius 2 is 2.20 bits per heavy atom. The molecule has 20 heavy (non-hydrogen) atoms. The number of urea groups is 1. The molecule has 3 N–H and O–H groups in total. The zero-order valence-electron chi connectivity index (χ0n) is 12.4. The van der Waals surface area contributed by atoms with Crippen LogP contribution >= 0.6 is 0 Å². The lowest BCUT2D eigenvalue weighted by Gasteiger charge is -2.29. The third-order valence-corrected chi connectivity index (χ3v) is 3.13. The average Bonchev–Trinajstić information content (AvgIpc) is 2.38. The van der Waals surface area contributed by atoms with Crippen LogP contribution in [0.5, 0.6) is 0 Å². The van der Waals surface area contributed by atoms with Gasteiger partial charge in [0.15, 0.2) is 0 Å². The first-order valence-electron chi connectivity index (χ1n) is 6.81. The van der Waals surface area contributed by atoms with Crippen LogP contribution in [0.3, 0.4) is 0 Å². The van der Waals surface area contributed by atoms with Gasteiger partial charge in [0.1, 0.15) is 0 Å². The van der Waals surface area contributed by atoms with E-state index in [1.54, 1.807) is 7.11 Å².